The third-order valence-corrected chi connectivity index (χ3v) is 5.27. The zero-order chi connectivity index (χ0) is 18.2. The largest absolute Gasteiger partial charge is 0.357 e. The summed E-state index contributed by atoms with van der Waals surface area (Å²) in [6.07, 6.45) is 1.89. The van der Waals surface area contributed by atoms with Crippen LogP contribution in [0.5, 0.6) is 0 Å². The molecule has 5 nitrogen and oxygen atoms in total. The Morgan fingerprint density at radius 1 is 1.36 bits per heavy atom. The van der Waals surface area contributed by atoms with E-state index in [9.17, 15) is 4.21 Å². The highest BCUT2D eigenvalue weighted by Crippen LogP contribution is 2.14. The number of rotatable bonds is 7. The second kappa shape index (κ2) is 9.63. The van der Waals surface area contributed by atoms with Crippen LogP contribution in [0.4, 0.5) is 0 Å². The van der Waals surface area contributed by atoms with Crippen LogP contribution in [0, 0.1) is 0 Å². The summed E-state index contributed by atoms with van der Waals surface area (Å²) in [4.78, 5) is 7.49. The summed E-state index contributed by atoms with van der Waals surface area (Å²) in [5.41, 5.74) is 1.10. The second-order valence-electron chi connectivity index (χ2n) is 5.71. The Bertz CT molecular complexity index is 730. The van der Waals surface area contributed by atoms with Crippen LogP contribution in [0.25, 0.3) is 0 Å². The zero-order valence-electron chi connectivity index (χ0n) is 14.9. The van der Waals surface area contributed by atoms with Gasteiger partial charge in [0.1, 0.15) is 0 Å². The van der Waals surface area contributed by atoms with E-state index in [1.54, 1.807) is 0 Å². The Morgan fingerprint density at radius 3 is 2.68 bits per heavy atom. The van der Waals surface area contributed by atoms with E-state index in [4.69, 9.17) is 11.6 Å². The highest BCUT2D eigenvalue weighted by atomic mass is 35.5. The molecule has 136 valence electrons. The minimum atomic E-state index is -1.03. The lowest BCUT2D eigenvalue weighted by atomic mass is 10.4. The maximum Gasteiger partial charge on any atom is 0.194 e. The summed E-state index contributed by atoms with van der Waals surface area (Å²) >= 11 is 6.05. The molecule has 7 heteroatoms. The number of aromatic nitrogens is 1. The third kappa shape index (κ3) is 5.90. The Hall–Kier alpha value is -1.79. The van der Waals surface area contributed by atoms with E-state index in [0.29, 0.717) is 18.8 Å². The predicted molar refractivity (Wildman–Crippen MR) is 106 cm³/mol. The van der Waals surface area contributed by atoms with Gasteiger partial charge < -0.3 is 14.8 Å². The summed E-state index contributed by atoms with van der Waals surface area (Å²) in [5.74, 6) is 1.30. The predicted octanol–water partition coefficient (Wildman–Crippen LogP) is 2.88. The van der Waals surface area contributed by atoms with Gasteiger partial charge in [0.05, 0.1) is 28.9 Å². The van der Waals surface area contributed by atoms with Crippen molar-refractivity contribution < 1.29 is 4.21 Å². The summed E-state index contributed by atoms with van der Waals surface area (Å²) in [6.45, 7) is 4.00. The molecule has 0 aliphatic carbocycles. The maximum atomic E-state index is 12.3. The molecule has 0 fully saturated rings. The molecule has 0 radical (unpaired) electrons. The van der Waals surface area contributed by atoms with Gasteiger partial charge in [-0.05, 0) is 25.1 Å². The fourth-order valence-corrected chi connectivity index (χ4v) is 3.66. The van der Waals surface area contributed by atoms with Crippen molar-refractivity contribution in [3.05, 3.63) is 53.3 Å². The van der Waals surface area contributed by atoms with Gasteiger partial charge in [-0.15, -0.1) is 0 Å². The fourth-order valence-electron chi connectivity index (χ4n) is 2.44. The van der Waals surface area contributed by atoms with E-state index in [2.05, 4.69) is 10.3 Å². The molecule has 0 amide bonds. The van der Waals surface area contributed by atoms with E-state index in [-0.39, 0.29) is 0 Å². The van der Waals surface area contributed by atoms with Crippen LogP contribution in [0.3, 0.4) is 0 Å². The Morgan fingerprint density at radius 2 is 2.08 bits per heavy atom. The molecule has 1 aromatic carbocycles. The number of aliphatic imine (C=N–C) groups is 1. The number of nitrogens with one attached hydrogen (secondary N) is 1. The Labute approximate surface area is 157 Å². The summed E-state index contributed by atoms with van der Waals surface area (Å²) in [5, 5.41) is 4.00. The molecule has 2 aromatic rings. The smallest absolute Gasteiger partial charge is 0.194 e. The highest BCUT2D eigenvalue weighted by Gasteiger charge is 2.10. The van der Waals surface area contributed by atoms with Crippen molar-refractivity contribution in [1.82, 2.24) is 14.8 Å². The SMILES string of the molecule is CCNC(=NCCS(=O)c1ccccc1)N(C)Cc1cc(Cl)cn1C. The minimum Gasteiger partial charge on any atom is -0.357 e. The first-order valence-electron chi connectivity index (χ1n) is 8.25. The molecule has 0 saturated carbocycles. The molecule has 1 heterocycles. The van der Waals surface area contributed by atoms with Crippen LogP contribution < -0.4 is 5.32 Å². The van der Waals surface area contributed by atoms with Crippen LogP contribution in [-0.4, -0.2) is 45.5 Å². The van der Waals surface area contributed by atoms with Crippen LogP contribution in [0.2, 0.25) is 5.02 Å². The summed E-state index contributed by atoms with van der Waals surface area (Å²) in [7, 11) is 2.93. The average molecular weight is 381 g/mol. The minimum absolute atomic E-state index is 0.502. The molecule has 1 unspecified atom stereocenters. The molecule has 1 N–H and O–H groups in total. The van der Waals surface area contributed by atoms with E-state index in [1.807, 2.05) is 73.1 Å². The molecule has 0 saturated heterocycles. The van der Waals surface area contributed by atoms with Crippen molar-refractivity contribution in [3.63, 3.8) is 0 Å². The summed E-state index contributed by atoms with van der Waals surface area (Å²) in [6, 6.07) is 11.4. The first-order valence-corrected chi connectivity index (χ1v) is 9.94. The molecule has 2 rings (SSSR count). The van der Waals surface area contributed by atoms with Crippen LogP contribution in [-0.2, 0) is 24.4 Å². The van der Waals surface area contributed by atoms with Gasteiger partial charge in [-0.3, -0.25) is 9.20 Å². The van der Waals surface area contributed by atoms with Gasteiger partial charge in [0.2, 0.25) is 0 Å². The Kier molecular flexibility index (Phi) is 7.52. The molecule has 0 spiro atoms. The van der Waals surface area contributed by atoms with Gasteiger partial charge in [0.25, 0.3) is 0 Å². The van der Waals surface area contributed by atoms with Crippen LogP contribution >= 0.6 is 11.6 Å². The van der Waals surface area contributed by atoms with E-state index >= 15 is 0 Å². The fraction of sp³-hybridized carbons (Fsp3) is 0.389. The maximum absolute atomic E-state index is 12.3. The highest BCUT2D eigenvalue weighted by molar-refractivity contribution is 7.85. The van der Waals surface area contributed by atoms with Crippen molar-refractivity contribution in [2.45, 2.75) is 18.4 Å². The third-order valence-electron chi connectivity index (χ3n) is 3.71. The van der Waals surface area contributed by atoms with Gasteiger partial charge in [0.15, 0.2) is 5.96 Å². The quantitative estimate of drug-likeness (QED) is 0.593. The monoisotopic (exact) mass is 380 g/mol. The lowest BCUT2D eigenvalue weighted by molar-refractivity contribution is 0.462. The molecule has 0 bridgehead atoms. The number of nitrogens with zero attached hydrogens (tertiary/aromatic N) is 3. The normalized spacial score (nSPS) is 12.9. The number of hydrogen-bond acceptors (Lipinski definition) is 2. The topological polar surface area (TPSA) is 49.6 Å². The van der Waals surface area contributed by atoms with Crippen molar-refractivity contribution in [2.24, 2.45) is 12.0 Å². The van der Waals surface area contributed by atoms with E-state index < -0.39 is 10.8 Å². The summed E-state index contributed by atoms with van der Waals surface area (Å²) < 4.78 is 14.3. The Balaban J connectivity index is 1.97. The lowest BCUT2D eigenvalue weighted by Gasteiger charge is -2.22. The van der Waals surface area contributed by atoms with Crippen molar-refractivity contribution in [1.29, 1.82) is 0 Å². The van der Waals surface area contributed by atoms with Gasteiger partial charge in [-0.1, -0.05) is 29.8 Å². The number of aryl methyl sites for hydroxylation is 1. The standard InChI is InChI=1S/C18H25ClN4OS/c1-4-20-18(23(3)14-16-12-15(19)13-22(16)2)21-10-11-25(24)17-8-6-5-7-9-17/h5-9,12-13H,4,10-11,14H2,1-3H3,(H,20,21). The first-order chi connectivity index (χ1) is 12.0. The first kappa shape index (κ1) is 19.5. The van der Waals surface area contributed by atoms with Gasteiger partial charge in [0, 0.05) is 43.2 Å². The molecular formula is C18H25ClN4OS. The molecule has 25 heavy (non-hydrogen) atoms. The zero-order valence-corrected chi connectivity index (χ0v) is 16.5. The molecule has 1 aromatic heterocycles. The van der Waals surface area contributed by atoms with E-state index in [1.165, 1.54) is 0 Å². The van der Waals surface area contributed by atoms with E-state index in [0.717, 1.165) is 28.1 Å². The van der Waals surface area contributed by atoms with Crippen LogP contribution in [0.1, 0.15) is 12.6 Å². The second-order valence-corrected chi connectivity index (χ2v) is 7.72. The molecule has 0 aliphatic rings. The average Bonchev–Trinajstić information content (AvgIpc) is 2.91. The van der Waals surface area contributed by atoms with Gasteiger partial charge in [-0.25, -0.2) is 0 Å². The number of hydrogen-bond donors (Lipinski definition) is 1. The van der Waals surface area contributed by atoms with Crippen molar-refractivity contribution in [3.8, 4) is 0 Å². The number of halogens is 1. The van der Waals surface area contributed by atoms with Crippen molar-refractivity contribution in [2.75, 3.05) is 25.9 Å². The van der Waals surface area contributed by atoms with Gasteiger partial charge in [-0.2, -0.15) is 0 Å². The van der Waals surface area contributed by atoms with Crippen molar-refractivity contribution >= 4 is 28.4 Å². The molecular weight excluding hydrogens is 356 g/mol. The number of benzene rings is 1. The van der Waals surface area contributed by atoms with Crippen LogP contribution in [0.15, 0.2) is 52.5 Å². The molecule has 0 aliphatic heterocycles. The number of guanidine groups is 1. The van der Waals surface area contributed by atoms with Gasteiger partial charge >= 0.3 is 0 Å². The lowest BCUT2D eigenvalue weighted by Crippen LogP contribution is -2.39. The molecule has 1 atom stereocenters.